The lowest BCUT2D eigenvalue weighted by Crippen LogP contribution is -2.27. The smallest absolute Gasteiger partial charge is 0.273 e. The third kappa shape index (κ3) is 3.00. The number of hydrogen-bond acceptors (Lipinski definition) is 4. The zero-order valence-electron chi connectivity index (χ0n) is 13.1. The molecule has 0 saturated carbocycles. The van der Waals surface area contributed by atoms with E-state index in [1.165, 1.54) is 7.05 Å². The Morgan fingerprint density at radius 1 is 1.41 bits per heavy atom. The number of aromatic nitrogens is 4. The van der Waals surface area contributed by atoms with Crippen molar-refractivity contribution in [2.75, 3.05) is 12.4 Å². The summed E-state index contributed by atoms with van der Waals surface area (Å²) in [5.41, 5.74) is 1.48. The van der Waals surface area contributed by atoms with E-state index in [4.69, 9.17) is 0 Å². The molecular weight excluding hydrogens is 284 g/mol. The van der Waals surface area contributed by atoms with Gasteiger partial charge in [0.05, 0.1) is 5.69 Å². The van der Waals surface area contributed by atoms with Gasteiger partial charge in [0.25, 0.3) is 5.91 Å². The minimum absolute atomic E-state index is 0.196. The Morgan fingerprint density at radius 2 is 2.14 bits per heavy atom. The van der Waals surface area contributed by atoms with Crippen LogP contribution < -0.4 is 10.6 Å². The van der Waals surface area contributed by atoms with Crippen LogP contribution in [-0.2, 0) is 11.3 Å². The molecule has 0 spiro atoms. The molecule has 2 aromatic heterocycles. The first kappa shape index (κ1) is 15.7. The molecule has 22 heavy (non-hydrogen) atoms. The number of nitrogens with zero attached hydrogens (tertiary/aromatic N) is 4. The molecule has 0 radical (unpaired) electrons. The molecule has 0 bridgehead atoms. The van der Waals surface area contributed by atoms with Gasteiger partial charge in [0.2, 0.25) is 5.91 Å². The van der Waals surface area contributed by atoms with E-state index in [0.717, 1.165) is 5.69 Å². The molecule has 8 nitrogen and oxygen atoms in total. The van der Waals surface area contributed by atoms with E-state index < -0.39 is 6.04 Å². The van der Waals surface area contributed by atoms with Gasteiger partial charge < -0.3 is 10.6 Å². The number of nitrogens with one attached hydrogen (secondary N) is 2. The molecule has 0 aliphatic heterocycles. The van der Waals surface area contributed by atoms with Crippen LogP contribution in [0.25, 0.3) is 0 Å². The molecule has 0 aromatic carbocycles. The molecule has 2 N–H and O–H groups in total. The number of aryl methyl sites for hydroxylation is 2. The van der Waals surface area contributed by atoms with Gasteiger partial charge in [-0.3, -0.25) is 19.0 Å². The Hall–Kier alpha value is -2.64. The van der Waals surface area contributed by atoms with Gasteiger partial charge in [-0.1, -0.05) is 0 Å². The van der Waals surface area contributed by atoms with Gasteiger partial charge in [-0.25, -0.2) is 0 Å². The van der Waals surface area contributed by atoms with Crippen LogP contribution in [0.2, 0.25) is 0 Å². The number of amides is 2. The third-order valence-electron chi connectivity index (χ3n) is 3.40. The first-order valence-corrected chi connectivity index (χ1v) is 7.08. The lowest BCUT2D eigenvalue weighted by Gasteiger charge is -2.14. The van der Waals surface area contributed by atoms with Crippen molar-refractivity contribution in [3.05, 3.63) is 29.8 Å². The average Bonchev–Trinajstić information content (AvgIpc) is 3.11. The van der Waals surface area contributed by atoms with Crippen LogP contribution in [0, 0.1) is 6.92 Å². The van der Waals surface area contributed by atoms with E-state index in [1.807, 2.05) is 19.9 Å². The lowest BCUT2D eigenvalue weighted by molar-refractivity contribution is -0.119. The molecule has 2 rings (SSSR count). The fraction of sp³-hybridized carbons (Fsp3) is 0.429. The molecule has 2 heterocycles. The summed E-state index contributed by atoms with van der Waals surface area (Å²) in [6.45, 7) is 6.14. The fourth-order valence-electron chi connectivity index (χ4n) is 2.10. The Morgan fingerprint density at radius 3 is 2.68 bits per heavy atom. The van der Waals surface area contributed by atoms with Crippen LogP contribution >= 0.6 is 0 Å². The molecule has 1 atom stereocenters. The highest BCUT2D eigenvalue weighted by atomic mass is 16.2. The topological polar surface area (TPSA) is 93.8 Å². The predicted octanol–water partition coefficient (Wildman–Crippen LogP) is 0.967. The maximum absolute atomic E-state index is 12.4. The minimum atomic E-state index is -0.488. The second-order valence-corrected chi connectivity index (χ2v) is 4.91. The summed E-state index contributed by atoms with van der Waals surface area (Å²) in [6, 6.07) is 1.34. The summed E-state index contributed by atoms with van der Waals surface area (Å²) >= 11 is 0. The second kappa shape index (κ2) is 6.42. The minimum Gasteiger partial charge on any atom is -0.354 e. The number of rotatable bonds is 5. The molecule has 0 aliphatic rings. The van der Waals surface area contributed by atoms with Crippen LogP contribution in [0.5, 0.6) is 0 Å². The summed E-state index contributed by atoms with van der Waals surface area (Å²) in [5.74, 6) is -0.599. The largest absolute Gasteiger partial charge is 0.354 e. The highest BCUT2D eigenvalue weighted by Gasteiger charge is 2.22. The number of anilines is 1. The van der Waals surface area contributed by atoms with E-state index in [2.05, 4.69) is 20.8 Å². The Balaban J connectivity index is 2.23. The molecule has 0 aliphatic carbocycles. The van der Waals surface area contributed by atoms with Crippen molar-refractivity contribution in [2.45, 2.75) is 33.4 Å². The molecule has 8 heteroatoms. The van der Waals surface area contributed by atoms with Crippen molar-refractivity contribution in [1.82, 2.24) is 24.9 Å². The van der Waals surface area contributed by atoms with Crippen molar-refractivity contribution in [2.24, 2.45) is 0 Å². The van der Waals surface area contributed by atoms with Gasteiger partial charge in [0.1, 0.15) is 6.04 Å². The summed E-state index contributed by atoms with van der Waals surface area (Å²) in [5, 5.41) is 13.6. The van der Waals surface area contributed by atoms with E-state index in [0.29, 0.717) is 12.2 Å². The molecule has 2 amide bonds. The second-order valence-electron chi connectivity index (χ2n) is 4.91. The standard InChI is InChI=1S/C14H20N6O2/c1-5-19-8-11(12(18-19)14(22)15-4)17-13(21)10(3)20-9(2)6-7-16-20/h6-8,10H,5H2,1-4H3,(H,15,22)(H,17,21). The van der Waals surface area contributed by atoms with Crippen LogP contribution in [-0.4, -0.2) is 38.4 Å². The van der Waals surface area contributed by atoms with Gasteiger partial charge in [0, 0.05) is 31.7 Å². The quantitative estimate of drug-likeness (QED) is 0.860. The molecular formula is C14H20N6O2. The predicted molar refractivity (Wildman–Crippen MR) is 81.6 cm³/mol. The van der Waals surface area contributed by atoms with Crippen molar-refractivity contribution < 1.29 is 9.59 Å². The molecule has 0 fully saturated rings. The Labute approximate surface area is 128 Å². The van der Waals surface area contributed by atoms with Gasteiger partial charge in [0.15, 0.2) is 5.69 Å². The van der Waals surface area contributed by atoms with Crippen LogP contribution in [0.4, 0.5) is 5.69 Å². The molecule has 1 unspecified atom stereocenters. The maximum atomic E-state index is 12.4. The van der Waals surface area contributed by atoms with Crippen LogP contribution in [0.3, 0.4) is 0 Å². The monoisotopic (exact) mass is 304 g/mol. The van der Waals surface area contributed by atoms with Gasteiger partial charge >= 0.3 is 0 Å². The third-order valence-corrected chi connectivity index (χ3v) is 3.40. The Bertz CT molecular complexity index is 687. The van der Waals surface area contributed by atoms with Crippen molar-refractivity contribution in [3.8, 4) is 0 Å². The van der Waals surface area contributed by atoms with Gasteiger partial charge in [-0.2, -0.15) is 10.2 Å². The van der Waals surface area contributed by atoms with Crippen molar-refractivity contribution >= 4 is 17.5 Å². The van der Waals surface area contributed by atoms with Crippen molar-refractivity contribution in [3.63, 3.8) is 0 Å². The normalized spacial score (nSPS) is 12.0. The average molecular weight is 304 g/mol. The summed E-state index contributed by atoms with van der Waals surface area (Å²) < 4.78 is 3.23. The molecule has 0 saturated heterocycles. The number of carbonyl (C=O) groups is 2. The van der Waals surface area contributed by atoms with E-state index in [-0.39, 0.29) is 17.5 Å². The lowest BCUT2D eigenvalue weighted by atomic mass is 10.2. The van der Waals surface area contributed by atoms with Crippen LogP contribution in [0.1, 0.15) is 36.1 Å². The van der Waals surface area contributed by atoms with E-state index >= 15 is 0 Å². The summed E-state index contributed by atoms with van der Waals surface area (Å²) in [7, 11) is 1.52. The molecule has 118 valence electrons. The van der Waals surface area contributed by atoms with Crippen molar-refractivity contribution in [1.29, 1.82) is 0 Å². The zero-order chi connectivity index (χ0) is 16.3. The van der Waals surface area contributed by atoms with E-state index in [1.54, 1.807) is 28.7 Å². The highest BCUT2D eigenvalue weighted by molar-refractivity contribution is 6.02. The summed E-state index contributed by atoms with van der Waals surface area (Å²) in [4.78, 5) is 24.2. The fourth-order valence-corrected chi connectivity index (χ4v) is 2.10. The highest BCUT2D eigenvalue weighted by Crippen LogP contribution is 2.17. The summed E-state index contributed by atoms with van der Waals surface area (Å²) in [6.07, 6.45) is 3.29. The maximum Gasteiger partial charge on any atom is 0.273 e. The first-order valence-electron chi connectivity index (χ1n) is 7.08. The zero-order valence-corrected chi connectivity index (χ0v) is 13.1. The molecule has 2 aromatic rings. The SMILES string of the molecule is CCn1cc(NC(=O)C(C)n2nccc2C)c(C(=O)NC)n1. The van der Waals surface area contributed by atoms with Crippen LogP contribution in [0.15, 0.2) is 18.5 Å². The van der Waals surface area contributed by atoms with E-state index in [9.17, 15) is 9.59 Å². The Kier molecular flexibility index (Phi) is 4.59. The number of carbonyl (C=O) groups excluding carboxylic acids is 2. The van der Waals surface area contributed by atoms with Gasteiger partial charge in [-0.15, -0.1) is 0 Å². The first-order chi connectivity index (χ1) is 10.5. The van der Waals surface area contributed by atoms with Gasteiger partial charge in [-0.05, 0) is 26.8 Å². The number of hydrogen-bond donors (Lipinski definition) is 2.